The highest BCUT2D eigenvalue weighted by molar-refractivity contribution is 5.99. The van der Waals surface area contributed by atoms with Crippen LogP contribution in [-0.4, -0.2) is 55.4 Å². The zero-order valence-corrected chi connectivity index (χ0v) is 14.1. The van der Waals surface area contributed by atoms with E-state index in [0.717, 1.165) is 49.4 Å². The van der Waals surface area contributed by atoms with Crippen molar-refractivity contribution >= 4 is 5.78 Å². The second kappa shape index (κ2) is 6.71. The molecule has 0 saturated carbocycles. The van der Waals surface area contributed by atoms with Crippen molar-refractivity contribution in [3.63, 3.8) is 0 Å². The van der Waals surface area contributed by atoms with Crippen molar-refractivity contribution in [2.45, 2.75) is 34.1 Å². The summed E-state index contributed by atoms with van der Waals surface area (Å²) in [4.78, 5) is 17.4. The zero-order chi connectivity index (χ0) is 15.6. The van der Waals surface area contributed by atoms with Crippen LogP contribution in [-0.2, 0) is 0 Å². The van der Waals surface area contributed by atoms with Crippen molar-refractivity contribution in [1.82, 2.24) is 9.80 Å². The molecule has 0 aromatic heterocycles. The highest BCUT2D eigenvalue weighted by Crippen LogP contribution is 2.23. The van der Waals surface area contributed by atoms with E-state index in [4.69, 9.17) is 0 Å². The first kappa shape index (κ1) is 16.2. The summed E-state index contributed by atoms with van der Waals surface area (Å²) >= 11 is 0. The van der Waals surface area contributed by atoms with Crippen LogP contribution in [0.25, 0.3) is 0 Å². The fourth-order valence-electron chi connectivity index (χ4n) is 3.09. The first-order valence-electron chi connectivity index (χ1n) is 7.91. The minimum absolute atomic E-state index is 0.302. The molecule has 0 aliphatic carbocycles. The molecule has 1 aliphatic rings. The van der Waals surface area contributed by atoms with Crippen molar-refractivity contribution < 1.29 is 4.79 Å². The van der Waals surface area contributed by atoms with Crippen LogP contribution in [0.15, 0.2) is 6.07 Å². The maximum absolute atomic E-state index is 12.7. The van der Waals surface area contributed by atoms with E-state index in [9.17, 15) is 4.79 Å². The predicted octanol–water partition coefficient (Wildman–Crippen LogP) is 2.74. The number of ketones is 1. The average Bonchev–Trinajstić information content (AvgIpc) is 2.45. The fourth-order valence-corrected chi connectivity index (χ4v) is 3.09. The van der Waals surface area contributed by atoms with Crippen molar-refractivity contribution in [2.75, 3.05) is 39.8 Å². The number of hydrogen-bond donors (Lipinski definition) is 0. The summed E-state index contributed by atoms with van der Waals surface area (Å²) in [6.45, 7) is 13.6. The Morgan fingerprint density at radius 3 is 2.05 bits per heavy atom. The van der Waals surface area contributed by atoms with Gasteiger partial charge in [0.15, 0.2) is 5.78 Å². The van der Waals surface area contributed by atoms with Gasteiger partial charge in [-0.3, -0.25) is 4.79 Å². The SMILES string of the molecule is Cc1cc(C)c(C)c(C(=O)CCN2CCN(C)CC2)c1C. The van der Waals surface area contributed by atoms with Crippen molar-refractivity contribution in [3.05, 3.63) is 33.9 Å². The molecule has 0 radical (unpaired) electrons. The summed E-state index contributed by atoms with van der Waals surface area (Å²) in [7, 11) is 2.16. The number of rotatable bonds is 4. The number of nitrogens with zero attached hydrogens (tertiary/aromatic N) is 2. The molecule has 3 nitrogen and oxygen atoms in total. The molecule has 0 atom stereocenters. The number of piperazine rings is 1. The fraction of sp³-hybridized carbons (Fsp3) is 0.611. The molecule has 1 fully saturated rings. The molecule has 1 aliphatic heterocycles. The lowest BCUT2D eigenvalue weighted by Crippen LogP contribution is -2.45. The van der Waals surface area contributed by atoms with E-state index in [-0.39, 0.29) is 0 Å². The Morgan fingerprint density at radius 1 is 1.00 bits per heavy atom. The van der Waals surface area contributed by atoms with E-state index in [1.54, 1.807) is 0 Å². The Kier molecular flexibility index (Phi) is 5.17. The summed E-state index contributed by atoms with van der Waals surface area (Å²) in [5.41, 5.74) is 5.71. The normalized spacial score (nSPS) is 17.2. The van der Waals surface area contributed by atoms with Gasteiger partial charge in [-0.2, -0.15) is 0 Å². The Bertz CT molecular complexity index is 502. The quantitative estimate of drug-likeness (QED) is 0.796. The lowest BCUT2D eigenvalue weighted by molar-refractivity contribution is 0.0940. The predicted molar refractivity (Wildman–Crippen MR) is 88.3 cm³/mol. The summed E-state index contributed by atoms with van der Waals surface area (Å²) in [5, 5.41) is 0. The van der Waals surface area contributed by atoms with Gasteiger partial charge in [0, 0.05) is 44.7 Å². The molecule has 0 amide bonds. The minimum Gasteiger partial charge on any atom is -0.304 e. The number of likely N-dealkylation sites (N-methyl/N-ethyl adjacent to an activating group) is 1. The van der Waals surface area contributed by atoms with E-state index in [1.165, 1.54) is 11.1 Å². The van der Waals surface area contributed by atoms with Crippen molar-refractivity contribution in [3.8, 4) is 0 Å². The van der Waals surface area contributed by atoms with Gasteiger partial charge in [0.1, 0.15) is 0 Å². The van der Waals surface area contributed by atoms with Crippen LogP contribution in [0.3, 0.4) is 0 Å². The van der Waals surface area contributed by atoms with Crippen LogP contribution >= 0.6 is 0 Å². The molecule has 2 rings (SSSR count). The van der Waals surface area contributed by atoms with Gasteiger partial charge in [-0.15, -0.1) is 0 Å². The second-order valence-electron chi connectivity index (χ2n) is 6.45. The molecule has 1 aromatic rings. The lowest BCUT2D eigenvalue weighted by Gasteiger charge is -2.32. The minimum atomic E-state index is 0.302. The molecule has 0 spiro atoms. The van der Waals surface area contributed by atoms with Gasteiger partial charge in [-0.1, -0.05) is 6.07 Å². The van der Waals surface area contributed by atoms with E-state index < -0.39 is 0 Å². The number of aryl methyl sites for hydroxylation is 2. The Hall–Kier alpha value is -1.19. The molecular weight excluding hydrogens is 260 g/mol. The number of benzene rings is 1. The highest BCUT2D eigenvalue weighted by atomic mass is 16.1. The summed E-state index contributed by atoms with van der Waals surface area (Å²) in [5.74, 6) is 0.302. The van der Waals surface area contributed by atoms with Crippen LogP contribution in [0, 0.1) is 27.7 Å². The van der Waals surface area contributed by atoms with E-state index >= 15 is 0 Å². The summed E-state index contributed by atoms with van der Waals surface area (Å²) in [6.07, 6.45) is 0.633. The zero-order valence-electron chi connectivity index (χ0n) is 14.1. The maximum atomic E-state index is 12.7. The van der Waals surface area contributed by atoms with Gasteiger partial charge in [0.25, 0.3) is 0 Å². The maximum Gasteiger partial charge on any atom is 0.164 e. The van der Waals surface area contributed by atoms with Crippen LogP contribution in [0.1, 0.15) is 39.0 Å². The Morgan fingerprint density at radius 2 is 1.52 bits per heavy atom. The van der Waals surface area contributed by atoms with E-state index in [1.807, 2.05) is 0 Å². The molecule has 1 saturated heterocycles. The van der Waals surface area contributed by atoms with Crippen LogP contribution < -0.4 is 0 Å². The Labute approximate surface area is 128 Å². The number of carbonyl (C=O) groups excluding carboxylic acids is 1. The summed E-state index contributed by atoms with van der Waals surface area (Å²) in [6, 6.07) is 2.18. The lowest BCUT2D eigenvalue weighted by atomic mass is 9.90. The molecule has 1 heterocycles. The number of hydrogen-bond acceptors (Lipinski definition) is 3. The molecule has 0 bridgehead atoms. The van der Waals surface area contributed by atoms with Crippen molar-refractivity contribution in [1.29, 1.82) is 0 Å². The first-order chi connectivity index (χ1) is 9.90. The standard InChI is InChI=1S/C18H28N2O/c1-13-12-14(2)16(4)18(15(13)3)17(21)6-7-20-10-8-19(5)9-11-20/h12H,6-11H2,1-5H3. The third-order valence-electron chi connectivity index (χ3n) is 4.90. The smallest absolute Gasteiger partial charge is 0.164 e. The van der Waals surface area contributed by atoms with Gasteiger partial charge in [-0.25, -0.2) is 0 Å². The molecule has 3 heteroatoms. The third kappa shape index (κ3) is 3.72. The monoisotopic (exact) mass is 288 g/mol. The molecule has 0 unspecified atom stereocenters. The van der Waals surface area contributed by atoms with Crippen LogP contribution in [0.2, 0.25) is 0 Å². The van der Waals surface area contributed by atoms with E-state index in [0.29, 0.717) is 12.2 Å². The van der Waals surface area contributed by atoms with Crippen LogP contribution in [0.4, 0.5) is 0 Å². The third-order valence-corrected chi connectivity index (χ3v) is 4.90. The molecule has 0 N–H and O–H groups in total. The second-order valence-corrected chi connectivity index (χ2v) is 6.45. The van der Waals surface area contributed by atoms with Crippen LogP contribution in [0.5, 0.6) is 0 Å². The first-order valence-corrected chi connectivity index (χ1v) is 7.91. The van der Waals surface area contributed by atoms with Crippen molar-refractivity contribution in [2.24, 2.45) is 0 Å². The largest absolute Gasteiger partial charge is 0.304 e. The Balaban J connectivity index is 2.04. The van der Waals surface area contributed by atoms with Gasteiger partial charge in [0.2, 0.25) is 0 Å². The highest BCUT2D eigenvalue weighted by Gasteiger charge is 2.18. The van der Waals surface area contributed by atoms with Gasteiger partial charge in [-0.05, 0) is 57.0 Å². The molecular formula is C18H28N2O. The average molecular weight is 288 g/mol. The molecule has 21 heavy (non-hydrogen) atoms. The van der Waals surface area contributed by atoms with E-state index in [2.05, 4.69) is 50.6 Å². The molecule has 1 aromatic carbocycles. The van der Waals surface area contributed by atoms with Gasteiger partial charge < -0.3 is 9.80 Å². The number of carbonyl (C=O) groups is 1. The molecule has 116 valence electrons. The van der Waals surface area contributed by atoms with Gasteiger partial charge in [0.05, 0.1) is 0 Å². The topological polar surface area (TPSA) is 23.6 Å². The number of Topliss-reactive ketones (excluding diaryl/α,β-unsaturated/α-hetero) is 1. The van der Waals surface area contributed by atoms with Gasteiger partial charge >= 0.3 is 0 Å². The summed E-state index contributed by atoms with van der Waals surface area (Å²) < 4.78 is 0.